The van der Waals surface area contributed by atoms with Crippen molar-refractivity contribution >= 4 is 0 Å². The summed E-state index contributed by atoms with van der Waals surface area (Å²) in [6.07, 6.45) is 0. The molecule has 9 heavy (non-hydrogen) atoms. The van der Waals surface area contributed by atoms with E-state index in [1.165, 1.54) is 7.11 Å². The molecule has 0 saturated carbocycles. The van der Waals surface area contributed by atoms with Crippen LogP contribution in [0.3, 0.4) is 0 Å². The highest BCUT2D eigenvalue weighted by Gasteiger charge is 2.34. The third-order valence-corrected chi connectivity index (χ3v) is 0.900. The molecule has 1 heterocycles. The predicted molar refractivity (Wildman–Crippen MR) is 28.1 cm³/mol. The first-order chi connectivity index (χ1) is 4.14. The fraction of sp³-hybridized carbons (Fsp3) is 1.00. The second-order valence-electron chi connectivity index (χ2n) is 2.22. The summed E-state index contributed by atoms with van der Waals surface area (Å²) in [4.78, 5) is 9.27. The van der Waals surface area contributed by atoms with Crippen LogP contribution in [0, 0.1) is 0 Å². The van der Waals surface area contributed by atoms with Crippen LogP contribution in [0.4, 0.5) is 0 Å². The van der Waals surface area contributed by atoms with Gasteiger partial charge in [-0.1, -0.05) is 0 Å². The summed E-state index contributed by atoms with van der Waals surface area (Å²) in [6, 6.07) is 0. The molecule has 4 nitrogen and oxygen atoms in total. The van der Waals surface area contributed by atoms with Crippen LogP contribution in [0.15, 0.2) is 0 Å². The van der Waals surface area contributed by atoms with Crippen LogP contribution in [0.2, 0.25) is 0 Å². The predicted octanol–water partition coefficient (Wildman–Crippen LogP) is 0.631. The third-order valence-electron chi connectivity index (χ3n) is 0.900. The van der Waals surface area contributed by atoms with Crippen LogP contribution in [0.25, 0.3) is 0 Å². The number of methoxy groups -OCH3 is 1. The van der Waals surface area contributed by atoms with E-state index in [2.05, 4.69) is 9.62 Å². The smallest absolute Gasteiger partial charge is 0.303 e. The lowest BCUT2D eigenvalue weighted by molar-refractivity contribution is -0.355. The number of hydrogen-bond acceptors (Lipinski definition) is 4. The summed E-state index contributed by atoms with van der Waals surface area (Å²) in [5, 5.41) is 0. The molecule has 1 aliphatic rings. The molecule has 1 atom stereocenters. The third kappa shape index (κ3) is 1.62. The first-order valence-electron chi connectivity index (χ1n) is 2.69. The maximum absolute atomic E-state index is 5.03. The maximum Gasteiger partial charge on any atom is 0.303 e. The zero-order chi connectivity index (χ0) is 6.91. The molecule has 0 spiro atoms. The summed E-state index contributed by atoms with van der Waals surface area (Å²) in [5.74, 6) is -0.680. The van der Waals surface area contributed by atoms with Crippen LogP contribution in [-0.4, -0.2) is 19.4 Å². The van der Waals surface area contributed by atoms with E-state index in [9.17, 15) is 0 Å². The Morgan fingerprint density at radius 3 is 2.33 bits per heavy atom. The molecule has 4 heteroatoms. The summed E-state index contributed by atoms with van der Waals surface area (Å²) in [5.41, 5.74) is 0. The molecular formula is C5H10O4. The van der Waals surface area contributed by atoms with Gasteiger partial charge in [-0.3, -0.25) is 4.74 Å². The van der Waals surface area contributed by atoms with Crippen LogP contribution < -0.4 is 0 Å². The van der Waals surface area contributed by atoms with Crippen LogP contribution in [-0.2, 0) is 19.2 Å². The van der Waals surface area contributed by atoms with E-state index < -0.39 is 12.3 Å². The lowest BCUT2D eigenvalue weighted by Crippen LogP contribution is -2.21. The Kier molecular flexibility index (Phi) is 1.72. The highest BCUT2D eigenvalue weighted by Crippen LogP contribution is 2.23. The fourth-order valence-electron chi connectivity index (χ4n) is 0.514. The molecule has 0 aromatic rings. The average molecular weight is 134 g/mol. The van der Waals surface area contributed by atoms with Crippen molar-refractivity contribution in [3.8, 4) is 0 Å². The molecule has 1 aliphatic heterocycles. The van der Waals surface area contributed by atoms with Gasteiger partial charge in [0.15, 0.2) is 0 Å². The summed E-state index contributed by atoms with van der Waals surface area (Å²) in [7, 11) is 1.48. The quantitative estimate of drug-likeness (QED) is 0.493. The van der Waals surface area contributed by atoms with Gasteiger partial charge in [0, 0.05) is 7.11 Å². The lowest BCUT2D eigenvalue weighted by Gasteiger charge is -2.10. The molecule has 1 unspecified atom stereocenters. The Morgan fingerprint density at radius 1 is 1.44 bits per heavy atom. The van der Waals surface area contributed by atoms with Gasteiger partial charge in [-0.25, -0.2) is 0 Å². The fourth-order valence-corrected chi connectivity index (χ4v) is 0.514. The molecule has 0 N–H and O–H groups in total. The zero-order valence-electron chi connectivity index (χ0n) is 5.71. The number of ether oxygens (including phenoxy) is 2. The summed E-state index contributed by atoms with van der Waals surface area (Å²) >= 11 is 0. The summed E-state index contributed by atoms with van der Waals surface area (Å²) < 4.78 is 9.71. The van der Waals surface area contributed by atoms with Gasteiger partial charge in [-0.05, 0) is 13.8 Å². The molecular weight excluding hydrogens is 124 g/mol. The minimum absolute atomic E-state index is 0.680. The van der Waals surface area contributed by atoms with Crippen molar-refractivity contribution < 1.29 is 19.2 Å². The van der Waals surface area contributed by atoms with E-state index in [1.54, 1.807) is 13.8 Å². The van der Waals surface area contributed by atoms with E-state index in [1.807, 2.05) is 0 Å². The van der Waals surface area contributed by atoms with Gasteiger partial charge < -0.3 is 4.74 Å². The van der Waals surface area contributed by atoms with Gasteiger partial charge in [0.05, 0.1) is 0 Å². The van der Waals surface area contributed by atoms with E-state index >= 15 is 0 Å². The number of rotatable bonds is 1. The van der Waals surface area contributed by atoms with Crippen molar-refractivity contribution in [1.82, 2.24) is 0 Å². The normalized spacial score (nSPS) is 33.0. The van der Waals surface area contributed by atoms with Gasteiger partial charge in [0.1, 0.15) is 0 Å². The molecule has 0 aliphatic carbocycles. The van der Waals surface area contributed by atoms with E-state index in [0.29, 0.717) is 0 Å². The highest BCUT2D eigenvalue weighted by atomic mass is 17.3. The zero-order valence-corrected chi connectivity index (χ0v) is 5.71. The second kappa shape index (κ2) is 2.22. The van der Waals surface area contributed by atoms with Crippen molar-refractivity contribution in [2.75, 3.05) is 7.11 Å². The minimum Gasteiger partial charge on any atom is -0.331 e. The van der Waals surface area contributed by atoms with Gasteiger partial charge >= 0.3 is 6.48 Å². The molecule has 0 radical (unpaired) electrons. The standard InChI is InChI=1S/C5H10O4/c1-5(2)7-4(6-3)8-9-5/h4H,1-3H3. The van der Waals surface area contributed by atoms with Crippen LogP contribution in [0.1, 0.15) is 13.8 Å². The van der Waals surface area contributed by atoms with Crippen molar-refractivity contribution in [2.45, 2.75) is 26.1 Å². The van der Waals surface area contributed by atoms with E-state index in [0.717, 1.165) is 0 Å². The first kappa shape index (κ1) is 6.95. The van der Waals surface area contributed by atoms with Gasteiger partial charge in [-0.2, -0.15) is 9.78 Å². The van der Waals surface area contributed by atoms with Crippen molar-refractivity contribution in [3.05, 3.63) is 0 Å². The van der Waals surface area contributed by atoms with E-state index in [4.69, 9.17) is 9.62 Å². The molecule has 54 valence electrons. The Morgan fingerprint density at radius 2 is 2.11 bits per heavy atom. The largest absolute Gasteiger partial charge is 0.331 e. The molecule has 1 fully saturated rings. The lowest BCUT2D eigenvalue weighted by atomic mass is 10.4. The van der Waals surface area contributed by atoms with E-state index in [-0.39, 0.29) is 0 Å². The number of hydrogen-bond donors (Lipinski definition) is 0. The van der Waals surface area contributed by atoms with Gasteiger partial charge in [0.2, 0.25) is 5.79 Å². The van der Waals surface area contributed by atoms with Crippen LogP contribution >= 0.6 is 0 Å². The molecule has 0 aromatic carbocycles. The monoisotopic (exact) mass is 134 g/mol. The van der Waals surface area contributed by atoms with Crippen molar-refractivity contribution in [1.29, 1.82) is 0 Å². The average Bonchev–Trinajstić information content (AvgIpc) is 2.10. The Hall–Kier alpha value is -0.160. The van der Waals surface area contributed by atoms with Crippen LogP contribution in [0.5, 0.6) is 0 Å². The molecule has 0 aromatic heterocycles. The Labute approximate surface area is 53.6 Å². The Balaban J connectivity index is 2.38. The molecule has 0 amide bonds. The van der Waals surface area contributed by atoms with Gasteiger partial charge in [-0.15, -0.1) is 0 Å². The topological polar surface area (TPSA) is 36.9 Å². The SMILES string of the molecule is COC1OOC(C)(C)O1. The van der Waals surface area contributed by atoms with Crippen molar-refractivity contribution in [3.63, 3.8) is 0 Å². The second-order valence-corrected chi connectivity index (χ2v) is 2.22. The molecule has 1 saturated heterocycles. The molecule has 0 bridgehead atoms. The highest BCUT2D eigenvalue weighted by molar-refractivity contribution is 4.52. The summed E-state index contributed by atoms with van der Waals surface area (Å²) in [6.45, 7) is 2.80. The minimum atomic E-state index is -0.681. The first-order valence-corrected chi connectivity index (χ1v) is 2.69. The van der Waals surface area contributed by atoms with Gasteiger partial charge in [0.25, 0.3) is 0 Å². The maximum atomic E-state index is 5.03. The Bertz CT molecular complexity index is 101. The molecule has 1 rings (SSSR count). The van der Waals surface area contributed by atoms with Crippen molar-refractivity contribution in [2.24, 2.45) is 0 Å².